The number of esters is 1. The summed E-state index contributed by atoms with van der Waals surface area (Å²) in [5, 5.41) is 7.03. The van der Waals surface area contributed by atoms with E-state index in [-0.39, 0.29) is 12.2 Å². The first-order chi connectivity index (χ1) is 7.22. The molecule has 15 heavy (non-hydrogen) atoms. The molecule has 1 aromatic carbocycles. The summed E-state index contributed by atoms with van der Waals surface area (Å²) < 4.78 is 18.1. The first-order valence-corrected chi connectivity index (χ1v) is 4.52. The molecule has 1 heterocycles. The fourth-order valence-electron chi connectivity index (χ4n) is 1.33. The van der Waals surface area contributed by atoms with E-state index in [4.69, 9.17) is 4.74 Å². The van der Waals surface area contributed by atoms with Gasteiger partial charge in [0.05, 0.1) is 23.9 Å². The van der Waals surface area contributed by atoms with Gasteiger partial charge in [-0.3, -0.25) is 5.10 Å². The molecule has 2 rings (SSSR count). The van der Waals surface area contributed by atoms with E-state index in [9.17, 15) is 9.18 Å². The summed E-state index contributed by atoms with van der Waals surface area (Å²) >= 11 is 0. The zero-order valence-electron chi connectivity index (χ0n) is 8.08. The maximum Gasteiger partial charge on any atom is 0.341 e. The molecule has 0 amide bonds. The fraction of sp³-hybridized carbons (Fsp3) is 0.200. The maximum atomic E-state index is 13.4. The van der Waals surface area contributed by atoms with E-state index in [1.54, 1.807) is 6.92 Å². The normalized spacial score (nSPS) is 10.5. The van der Waals surface area contributed by atoms with Crippen molar-refractivity contribution >= 4 is 16.9 Å². The minimum absolute atomic E-state index is 0.0754. The molecule has 5 heteroatoms. The second-order valence-electron chi connectivity index (χ2n) is 3.01. The molecule has 0 aliphatic rings. The Kier molecular flexibility index (Phi) is 2.37. The summed E-state index contributed by atoms with van der Waals surface area (Å²) in [4.78, 5) is 11.3. The molecule has 1 aromatic heterocycles. The Hall–Kier alpha value is -1.91. The highest BCUT2D eigenvalue weighted by atomic mass is 19.1. The number of hydrogen-bond donors (Lipinski definition) is 1. The Morgan fingerprint density at radius 2 is 2.40 bits per heavy atom. The van der Waals surface area contributed by atoms with Crippen LogP contribution in [0.25, 0.3) is 10.9 Å². The van der Waals surface area contributed by atoms with Gasteiger partial charge < -0.3 is 4.74 Å². The molecular formula is C10H9FN2O2. The van der Waals surface area contributed by atoms with Gasteiger partial charge in [-0.2, -0.15) is 5.10 Å². The van der Waals surface area contributed by atoms with Gasteiger partial charge in [0.1, 0.15) is 5.82 Å². The van der Waals surface area contributed by atoms with Crippen LogP contribution in [-0.4, -0.2) is 22.8 Å². The van der Waals surface area contributed by atoms with Crippen molar-refractivity contribution < 1.29 is 13.9 Å². The smallest absolute Gasteiger partial charge is 0.341 e. The predicted molar refractivity (Wildman–Crippen MR) is 52.0 cm³/mol. The van der Waals surface area contributed by atoms with Crippen LogP contribution in [0.1, 0.15) is 17.3 Å². The highest BCUT2D eigenvalue weighted by Crippen LogP contribution is 2.17. The van der Waals surface area contributed by atoms with Gasteiger partial charge in [-0.1, -0.05) is 0 Å². The molecule has 0 unspecified atom stereocenters. The second kappa shape index (κ2) is 3.68. The number of aromatic amines is 1. The Morgan fingerprint density at radius 1 is 1.60 bits per heavy atom. The van der Waals surface area contributed by atoms with Crippen molar-refractivity contribution in [2.24, 2.45) is 0 Å². The number of hydrogen-bond acceptors (Lipinski definition) is 3. The lowest BCUT2D eigenvalue weighted by molar-refractivity contribution is 0.0521. The molecular weight excluding hydrogens is 199 g/mol. The molecule has 0 aliphatic heterocycles. The lowest BCUT2D eigenvalue weighted by Gasteiger charge is -2.02. The summed E-state index contributed by atoms with van der Waals surface area (Å²) in [5.74, 6) is -1.26. The van der Waals surface area contributed by atoms with E-state index in [1.807, 2.05) is 0 Å². The van der Waals surface area contributed by atoms with E-state index in [1.165, 1.54) is 18.3 Å². The van der Waals surface area contributed by atoms with E-state index in [0.717, 1.165) is 0 Å². The summed E-state index contributed by atoms with van der Waals surface area (Å²) in [7, 11) is 0. The largest absolute Gasteiger partial charge is 0.462 e. The molecule has 0 spiro atoms. The lowest BCUT2D eigenvalue weighted by Crippen LogP contribution is -2.07. The highest BCUT2D eigenvalue weighted by molar-refractivity contribution is 5.94. The van der Waals surface area contributed by atoms with Crippen molar-refractivity contribution in [3.63, 3.8) is 0 Å². The molecule has 0 radical (unpaired) electrons. The summed E-state index contributed by atoms with van der Waals surface area (Å²) in [6.45, 7) is 1.89. The third-order valence-corrected chi connectivity index (χ3v) is 2.02. The molecule has 0 aliphatic carbocycles. The van der Waals surface area contributed by atoms with Gasteiger partial charge in [-0.05, 0) is 19.1 Å². The number of rotatable bonds is 2. The van der Waals surface area contributed by atoms with Gasteiger partial charge in [-0.15, -0.1) is 0 Å². The van der Waals surface area contributed by atoms with Crippen LogP contribution in [0.4, 0.5) is 4.39 Å². The summed E-state index contributed by atoms with van der Waals surface area (Å²) in [5.41, 5.74) is 0.535. The molecule has 0 atom stereocenters. The molecule has 0 bridgehead atoms. The molecule has 2 aromatic rings. The van der Waals surface area contributed by atoms with Crippen LogP contribution in [-0.2, 0) is 4.74 Å². The Balaban J connectivity index is 2.50. The van der Waals surface area contributed by atoms with Gasteiger partial charge in [0.25, 0.3) is 0 Å². The minimum Gasteiger partial charge on any atom is -0.462 e. The van der Waals surface area contributed by atoms with Crippen LogP contribution in [0.15, 0.2) is 18.3 Å². The predicted octanol–water partition coefficient (Wildman–Crippen LogP) is 1.88. The number of carbonyl (C=O) groups is 1. The van der Waals surface area contributed by atoms with E-state index in [0.29, 0.717) is 10.9 Å². The highest BCUT2D eigenvalue weighted by Gasteiger charge is 2.14. The second-order valence-corrected chi connectivity index (χ2v) is 3.01. The van der Waals surface area contributed by atoms with Gasteiger partial charge in [-0.25, -0.2) is 9.18 Å². The van der Waals surface area contributed by atoms with Crippen LogP contribution >= 0.6 is 0 Å². The quantitative estimate of drug-likeness (QED) is 0.766. The summed E-state index contributed by atoms with van der Waals surface area (Å²) in [6.07, 6.45) is 1.49. The molecule has 78 valence electrons. The van der Waals surface area contributed by atoms with Crippen molar-refractivity contribution in [3.8, 4) is 0 Å². The van der Waals surface area contributed by atoms with Crippen LogP contribution < -0.4 is 0 Å². The maximum absolute atomic E-state index is 13.4. The number of ether oxygens (including phenoxy) is 1. The first-order valence-electron chi connectivity index (χ1n) is 4.52. The van der Waals surface area contributed by atoms with Crippen molar-refractivity contribution in [3.05, 3.63) is 29.7 Å². The number of nitrogens with zero attached hydrogens (tertiary/aromatic N) is 1. The molecule has 0 fully saturated rings. The summed E-state index contributed by atoms with van der Waals surface area (Å²) in [6, 6.07) is 2.65. The number of benzene rings is 1. The van der Waals surface area contributed by atoms with Gasteiger partial charge in [0, 0.05) is 5.39 Å². The van der Waals surface area contributed by atoms with Crippen LogP contribution in [0, 0.1) is 5.82 Å². The first kappa shape index (κ1) is 9.64. The van der Waals surface area contributed by atoms with Crippen molar-refractivity contribution in [1.82, 2.24) is 10.2 Å². The van der Waals surface area contributed by atoms with Crippen LogP contribution in [0.3, 0.4) is 0 Å². The average Bonchev–Trinajstić information content (AvgIpc) is 2.63. The molecule has 1 N–H and O–H groups in total. The van der Waals surface area contributed by atoms with Gasteiger partial charge in [0.15, 0.2) is 0 Å². The minimum atomic E-state index is -0.661. The Morgan fingerprint density at radius 3 is 3.13 bits per heavy atom. The molecule has 0 saturated heterocycles. The van der Waals surface area contributed by atoms with E-state index < -0.39 is 11.8 Å². The van der Waals surface area contributed by atoms with Crippen LogP contribution in [0.2, 0.25) is 0 Å². The van der Waals surface area contributed by atoms with Crippen molar-refractivity contribution in [2.45, 2.75) is 6.92 Å². The molecule has 4 nitrogen and oxygen atoms in total. The topological polar surface area (TPSA) is 55.0 Å². The number of H-pyrrole nitrogens is 1. The molecule has 0 saturated carbocycles. The van der Waals surface area contributed by atoms with Crippen molar-refractivity contribution in [2.75, 3.05) is 6.61 Å². The number of nitrogens with one attached hydrogen (secondary N) is 1. The average molecular weight is 208 g/mol. The number of fused-ring (bicyclic) bond motifs is 1. The number of halogens is 1. The fourth-order valence-corrected chi connectivity index (χ4v) is 1.33. The third-order valence-electron chi connectivity index (χ3n) is 2.02. The Bertz CT molecular complexity index is 507. The SMILES string of the molecule is CCOC(=O)c1cc2[nH]ncc2cc1F. The lowest BCUT2D eigenvalue weighted by atomic mass is 10.1. The third kappa shape index (κ3) is 1.68. The standard InChI is InChI=1S/C10H9FN2O2/c1-2-15-10(14)7-4-9-6(3-8(7)11)5-12-13-9/h3-5H,2H2,1H3,(H,12,13). The number of carbonyl (C=O) groups excluding carboxylic acids is 1. The van der Waals surface area contributed by atoms with Gasteiger partial charge >= 0.3 is 5.97 Å². The number of aromatic nitrogens is 2. The monoisotopic (exact) mass is 208 g/mol. The van der Waals surface area contributed by atoms with Crippen molar-refractivity contribution in [1.29, 1.82) is 0 Å². The van der Waals surface area contributed by atoms with Crippen LogP contribution in [0.5, 0.6) is 0 Å². The van der Waals surface area contributed by atoms with E-state index in [2.05, 4.69) is 10.2 Å². The van der Waals surface area contributed by atoms with E-state index >= 15 is 0 Å². The van der Waals surface area contributed by atoms with Gasteiger partial charge in [0.2, 0.25) is 0 Å². The Labute approximate surface area is 85.0 Å². The zero-order chi connectivity index (χ0) is 10.8. The zero-order valence-corrected chi connectivity index (χ0v) is 8.08.